The molecule has 1 heterocycles. The van der Waals surface area contributed by atoms with E-state index in [9.17, 15) is 0 Å². The van der Waals surface area contributed by atoms with E-state index in [2.05, 4.69) is 32.6 Å². The van der Waals surface area contributed by atoms with Crippen molar-refractivity contribution in [2.45, 2.75) is 46.3 Å². The normalized spacial score (nSPS) is 25.8. The van der Waals surface area contributed by atoms with Crippen LogP contribution in [0.25, 0.3) is 0 Å². The van der Waals surface area contributed by atoms with Crippen molar-refractivity contribution in [3.05, 3.63) is 0 Å². The summed E-state index contributed by atoms with van der Waals surface area (Å²) < 4.78 is 5.73. The molecule has 0 radical (unpaired) electrons. The van der Waals surface area contributed by atoms with Gasteiger partial charge in [0.2, 0.25) is 0 Å². The minimum absolute atomic E-state index is 0.469. The second-order valence-electron chi connectivity index (χ2n) is 4.71. The van der Waals surface area contributed by atoms with Crippen LogP contribution in [0.15, 0.2) is 0 Å². The third-order valence-corrected chi connectivity index (χ3v) is 2.63. The van der Waals surface area contributed by atoms with E-state index < -0.39 is 0 Å². The first-order valence-electron chi connectivity index (χ1n) is 5.45. The van der Waals surface area contributed by atoms with Crippen molar-refractivity contribution in [3.63, 3.8) is 0 Å². The van der Waals surface area contributed by atoms with Crippen LogP contribution in [0.3, 0.4) is 0 Å². The molecule has 0 aliphatic carbocycles. The van der Waals surface area contributed by atoms with Crippen LogP contribution in [0.5, 0.6) is 0 Å². The summed E-state index contributed by atoms with van der Waals surface area (Å²) in [5.41, 5.74) is 0. The molecule has 1 rings (SSSR count). The van der Waals surface area contributed by atoms with Crippen molar-refractivity contribution in [3.8, 4) is 0 Å². The van der Waals surface area contributed by atoms with Gasteiger partial charge < -0.3 is 4.74 Å². The molecule has 0 bridgehead atoms. The molecule has 0 aromatic heterocycles. The Bertz CT molecular complexity index is 145. The smallest absolute Gasteiger partial charge is 0.0705 e. The standard InChI is InChI=1S/C11H23NO/c1-9(2)7-11-8-12(10(3)4)5-6-13-11/h9-11H,5-8H2,1-4H3/t11-/m0/s1. The topological polar surface area (TPSA) is 12.5 Å². The summed E-state index contributed by atoms with van der Waals surface area (Å²) in [6.45, 7) is 12.2. The van der Waals surface area contributed by atoms with Gasteiger partial charge in [-0.15, -0.1) is 0 Å². The van der Waals surface area contributed by atoms with Crippen molar-refractivity contribution in [1.29, 1.82) is 0 Å². The number of rotatable bonds is 3. The van der Waals surface area contributed by atoms with Crippen LogP contribution >= 0.6 is 0 Å². The van der Waals surface area contributed by atoms with E-state index in [1.54, 1.807) is 0 Å². The van der Waals surface area contributed by atoms with Gasteiger partial charge in [-0.3, -0.25) is 4.90 Å². The third kappa shape index (κ3) is 3.65. The third-order valence-electron chi connectivity index (χ3n) is 2.63. The number of hydrogen-bond acceptors (Lipinski definition) is 2. The fourth-order valence-electron chi connectivity index (χ4n) is 1.88. The van der Waals surface area contributed by atoms with Crippen LogP contribution in [0.2, 0.25) is 0 Å². The Labute approximate surface area is 82.3 Å². The van der Waals surface area contributed by atoms with Crippen LogP contribution < -0.4 is 0 Å². The quantitative estimate of drug-likeness (QED) is 0.668. The Morgan fingerprint density at radius 3 is 2.54 bits per heavy atom. The summed E-state index contributed by atoms with van der Waals surface area (Å²) in [6, 6.07) is 0.665. The maximum Gasteiger partial charge on any atom is 0.0705 e. The molecule has 0 N–H and O–H groups in total. The van der Waals surface area contributed by atoms with E-state index in [0.29, 0.717) is 12.1 Å². The van der Waals surface area contributed by atoms with Crippen molar-refractivity contribution in [2.75, 3.05) is 19.7 Å². The lowest BCUT2D eigenvalue weighted by atomic mass is 10.0. The zero-order chi connectivity index (χ0) is 9.84. The molecule has 2 heteroatoms. The Hall–Kier alpha value is -0.0800. The van der Waals surface area contributed by atoms with Crippen molar-refractivity contribution in [1.82, 2.24) is 4.90 Å². The van der Waals surface area contributed by atoms with Gasteiger partial charge in [-0.25, -0.2) is 0 Å². The largest absolute Gasteiger partial charge is 0.376 e. The first kappa shape index (κ1) is 11.0. The molecule has 0 spiro atoms. The molecule has 1 aliphatic heterocycles. The molecule has 0 amide bonds. The molecule has 2 nitrogen and oxygen atoms in total. The first-order chi connectivity index (χ1) is 6.09. The van der Waals surface area contributed by atoms with Crippen molar-refractivity contribution in [2.24, 2.45) is 5.92 Å². The highest BCUT2D eigenvalue weighted by atomic mass is 16.5. The fraction of sp³-hybridized carbons (Fsp3) is 1.00. The predicted molar refractivity (Wildman–Crippen MR) is 55.9 cm³/mol. The van der Waals surface area contributed by atoms with Crippen LogP contribution in [-0.2, 0) is 4.74 Å². The monoisotopic (exact) mass is 185 g/mol. The van der Waals surface area contributed by atoms with Crippen LogP contribution in [0.1, 0.15) is 34.1 Å². The van der Waals surface area contributed by atoms with Gasteiger partial charge in [0.15, 0.2) is 0 Å². The predicted octanol–water partition coefficient (Wildman–Crippen LogP) is 2.14. The lowest BCUT2D eigenvalue weighted by Gasteiger charge is -2.36. The van der Waals surface area contributed by atoms with Gasteiger partial charge in [0.25, 0.3) is 0 Å². The van der Waals surface area contributed by atoms with E-state index in [0.717, 1.165) is 25.6 Å². The van der Waals surface area contributed by atoms with E-state index >= 15 is 0 Å². The highest BCUT2D eigenvalue weighted by Gasteiger charge is 2.22. The van der Waals surface area contributed by atoms with Crippen LogP contribution in [0.4, 0.5) is 0 Å². The van der Waals surface area contributed by atoms with Gasteiger partial charge in [-0.2, -0.15) is 0 Å². The Balaban J connectivity index is 2.33. The fourth-order valence-corrected chi connectivity index (χ4v) is 1.88. The molecular weight excluding hydrogens is 162 g/mol. The lowest BCUT2D eigenvalue weighted by Crippen LogP contribution is -2.46. The molecule has 1 fully saturated rings. The summed E-state index contributed by atoms with van der Waals surface area (Å²) in [7, 11) is 0. The lowest BCUT2D eigenvalue weighted by molar-refractivity contribution is -0.0467. The summed E-state index contributed by atoms with van der Waals surface area (Å²) in [4.78, 5) is 2.51. The summed E-state index contributed by atoms with van der Waals surface area (Å²) in [6.07, 6.45) is 1.67. The molecule has 1 saturated heterocycles. The van der Waals surface area contributed by atoms with Gasteiger partial charge in [0.1, 0.15) is 0 Å². The van der Waals surface area contributed by atoms with E-state index in [4.69, 9.17) is 4.74 Å². The summed E-state index contributed by atoms with van der Waals surface area (Å²) in [5, 5.41) is 0. The van der Waals surface area contributed by atoms with Crippen molar-refractivity contribution < 1.29 is 4.74 Å². The number of nitrogens with zero attached hydrogens (tertiary/aromatic N) is 1. The van der Waals surface area contributed by atoms with Crippen LogP contribution in [-0.4, -0.2) is 36.7 Å². The van der Waals surface area contributed by atoms with Gasteiger partial charge >= 0.3 is 0 Å². The summed E-state index contributed by atoms with van der Waals surface area (Å²) in [5.74, 6) is 0.747. The molecule has 0 aromatic carbocycles. The Morgan fingerprint density at radius 2 is 2.00 bits per heavy atom. The van der Waals surface area contributed by atoms with Gasteiger partial charge in [-0.1, -0.05) is 13.8 Å². The molecule has 0 aromatic rings. The molecule has 13 heavy (non-hydrogen) atoms. The Kier molecular flexibility index (Phi) is 4.20. The zero-order valence-electron chi connectivity index (χ0n) is 9.42. The van der Waals surface area contributed by atoms with E-state index in [1.165, 1.54) is 6.42 Å². The molecule has 0 unspecified atom stereocenters. The number of morpholine rings is 1. The maximum atomic E-state index is 5.73. The van der Waals surface area contributed by atoms with Gasteiger partial charge in [0, 0.05) is 19.1 Å². The Morgan fingerprint density at radius 1 is 1.31 bits per heavy atom. The maximum absolute atomic E-state index is 5.73. The molecule has 0 saturated carbocycles. The number of ether oxygens (including phenoxy) is 1. The van der Waals surface area contributed by atoms with Gasteiger partial charge in [0.05, 0.1) is 12.7 Å². The average molecular weight is 185 g/mol. The average Bonchev–Trinajstić information content (AvgIpc) is 2.03. The highest BCUT2D eigenvalue weighted by molar-refractivity contribution is 4.74. The number of hydrogen-bond donors (Lipinski definition) is 0. The second kappa shape index (κ2) is 4.97. The molecule has 1 aliphatic rings. The molecular formula is C11H23NO. The highest BCUT2D eigenvalue weighted by Crippen LogP contribution is 2.15. The summed E-state index contributed by atoms with van der Waals surface area (Å²) >= 11 is 0. The van der Waals surface area contributed by atoms with Crippen LogP contribution in [0, 0.1) is 5.92 Å². The SMILES string of the molecule is CC(C)C[C@H]1CN(C(C)C)CCO1. The van der Waals surface area contributed by atoms with Crippen molar-refractivity contribution >= 4 is 0 Å². The zero-order valence-corrected chi connectivity index (χ0v) is 9.42. The second-order valence-corrected chi connectivity index (χ2v) is 4.71. The first-order valence-corrected chi connectivity index (χ1v) is 5.45. The molecule has 78 valence electrons. The minimum Gasteiger partial charge on any atom is -0.376 e. The van der Waals surface area contributed by atoms with E-state index in [-0.39, 0.29) is 0 Å². The molecule has 1 atom stereocenters. The van der Waals surface area contributed by atoms with Gasteiger partial charge in [-0.05, 0) is 26.2 Å². The van der Waals surface area contributed by atoms with E-state index in [1.807, 2.05) is 0 Å². The minimum atomic E-state index is 0.469.